The van der Waals surface area contributed by atoms with Crippen LogP contribution in [0.5, 0.6) is 5.75 Å². The summed E-state index contributed by atoms with van der Waals surface area (Å²) in [6, 6.07) is 11.5. The van der Waals surface area contributed by atoms with Crippen molar-refractivity contribution in [2.24, 2.45) is 0 Å². The molecule has 0 aromatic heterocycles. The average molecular weight is 360 g/mol. The molecule has 0 saturated heterocycles. The molecule has 2 rings (SSSR count). The molecule has 0 radical (unpaired) electrons. The lowest BCUT2D eigenvalue weighted by molar-refractivity contribution is -0.254. The van der Waals surface area contributed by atoms with Gasteiger partial charge < -0.3 is 10.5 Å². The van der Waals surface area contributed by atoms with E-state index in [1.165, 1.54) is 0 Å². The minimum Gasteiger partial charge on any atom is -0.419 e. The molecule has 2 aromatic carbocycles. The summed E-state index contributed by atoms with van der Waals surface area (Å²) in [4.78, 5) is 11.5. The van der Waals surface area contributed by atoms with Crippen molar-refractivity contribution in [2.75, 3.05) is 0 Å². The van der Waals surface area contributed by atoms with E-state index in [-0.39, 0.29) is 0 Å². The van der Waals surface area contributed by atoms with Crippen molar-refractivity contribution < 1.29 is 15.3 Å². The Bertz CT molecular complexity index is 569. The highest BCUT2D eigenvalue weighted by Gasteiger charge is 2.17. The molecule has 0 aliphatic heterocycles. The Balaban J connectivity index is 2.43. The van der Waals surface area contributed by atoms with Crippen LogP contribution in [0.2, 0.25) is 0 Å². The van der Waals surface area contributed by atoms with Crippen LogP contribution in [0, 0.1) is 0 Å². The number of alkyl halides is 2. The lowest BCUT2D eigenvalue weighted by atomic mass is 10.1. The number of hydrogen-bond donors (Lipinski definition) is 1. The van der Waals surface area contributed by atoms with Crippen LogP contribution in [0.15, 0.2) is 36.4 Å². The summed E-state index contributed by atoms with van der Waals surface area (Å²) < 4.78 is 4.71. The smallest absolute Gasteiger partial charge is 0.336 e. The van der Waals surface area contributed by atoms with E-state index in [4.69, 9.17) is 4.74 Å². The number of esters is 1. The predicted octanol–water partition coefficient (Wildman–Crippen LogP) is 2.73. The summed E-state index contributed by atoms with van der Waals surface area (Å²) in [5.41, 5.74) is 4.67. The zero-order chi connectivity index (χ0) is 12.4. The van der Waals surface area contributed by atoms with Gasteiger partial charge in [-0.05, 0) is 17.5 Å². The predicted molar refractivity (Wildman–Crippen MR) is 73.8 cm³/mol. The lowest BCUT2D eigenvalue weighted by Crippen LogP contribution is -2.41. The van der Waals surface area contributed by atoms with Crippen molar-refractivity contribution in [2.45, 2.75) is 3.74 Å². The van der Waals surface area contributed by atoms with E-state index in [0.717, 1.165) is 16.5 Å². The normalized spacial score (nSPS) is 10.8. The van der Waals surface area contributed by atoms with Crippen LogP contribution in [-0.4, -0.2) is 9.71 Å². The summed E-state index contributed by atoms with van der Waals surface area (Å²) in [5.74, 6) is 0.0859. The van der Waals surface area contributed by atoms with Gasteiger partial charge in [0.15, 0.2) is 15.2 Å². The van der Waals surface area contributed by atoms with Gasteiger partial charge in [-0.2, -0.15) is 0 Å². The number of ether oxygens (including phenoxy) is 1. The van der Waals surface area contributed by atoms with Crippen molar-refractivity contribution in [1.82, 2.24) is 0 Å². The summed E-state index contributed by atoms with van der Waals surface area (Å²) in [5, 5.41) is 2.06. The number of hydrogen-bond acceptors (Lipinski definition) is 2. The number of halogens is 2. The second-order valence-corrected chi connectivity index (χ2v) is 6.55. The maximum absolute atomic E-state index is 11.5. The molecule has 0 fully saturated rings. The fourth-order valence-corrected chi connectivity index (χ4v) is 1.75. The third-order valence-electron chi connectivity index (χ3n) is 2.39. The highest BCUT2D eigenvalue weighted by molar-refractivity contribution is 9.25. The fourth-order valence-electron chi connectivity index (χ4n) is 1.56. The van der Waals surface area contributed by atoms with Gasteiger partial charge in [-0.3, -0.25) is 0 Å². The molecule has 0 amide bonds. The molecule has 2 aromatic rings. The molecule has 0 atom stereocenters. The zero-order valence-electron chi connectivity index (χ0n) is 8.82. The third-order valence-corrected chi connectivity index (χ3v) is 3.13. The van der Waals surface area contributed by atoms with Gasteiger partial charge in [-0.1, -0.05) is 56.1 Å². The first-order chi connectivity index (χ1) is 8.09. The molecule has 0 heterocycles. The fraction of sp³-hybridized carbons (Fsp3) is 0.0833. The molecule has 0 saturated carbocycles. The van der Waals surface area contributed by atoms with Crippen molar-refractivity contribution in [3.8, 4) is 5.75 Å². The van der Waals surface area contributed by atoms with E-state index in [1.807, 2.05) is 30.3 Å². The quantitative estimate of drug-likeness (QED) is 0.509. The Kier molecular flexibility index (Phi) is 3.81. The van der Waals surface area contributed by atoms with Crippen LogP contribution in [0.1, 0.15) is 0 Å². The van der Waals surface area contributed by atoms with Crippen LogP contribution < -0.4 is 10.5 Å². The van der Waals surface area contributed by atoms with Gasteiger partial charge in [0.1, 0.15) is 0 Å². The van der Waals surface area contributed by atoms with Crippen molar-refractivity contribution in [1.29, 1.82) is 0 Å². The maximum Gasteiger partial charge on any atom is 0.336 e. The monoisotopic (exact) mass is 358 g/mol. The van der Waals surface area contributed by atoms with Crippen molar-refractivity contribution in [3.63, 3.8) is 0 Å². The topological polar surface area (TPSA) is 53.9 Å². The van der Waals surface area contributed by atoms with Crippen LogP contribution in [0.25, 0.3) is 10.8 Å². The first-order valence-electron chi connectivity index (χ1n) is 4.93. The highest BCUT2D eigenvalue weighted by Crippen LogP contribution is 2.29. The minimum absolute atomic E-state index is 0.398. The minimum atomic E-state index is -0.513. The molecule has 3 N–H and O–H groups in total. The third kappa shape index (κ3) is 2.68. The summed E-state index contributed by atoms with van der Waals surface area (Å²) in [6.07, 6.45) is 0. The second-order valence-electron chi connectivity index (χ2n) is 3.49. The van der Waals surface area contributed by atoms with Crippen molar-refractivity contribution >= 4 is 54.3 Å². The Morgan fingerprint density at radius 3 is 2.59 bits per heavy atom. The number of benzene rings is 2. The first kappa shape index (κ1) is 12.5. The molecular formula is C12H10Br2NO2+. The van der Waals surface area contributed by atoms with Gasteiger partial charge in [0.2, 0.25) is 0 Å². The Hall–Kier alpha value is -0.910. The first-order valence-corrected chi connectivity index (χ1v) is 6.76. The van der Waals surface area contributed by atoms with Gasteiger partial charge in [0.05, 0.1) is 0 Å². The Labute approximate surface area is 115 Å². The van der Waals surface area contributed by atoms with Gasteiger partial charge in [0, 0.05) is 5.39 Å². The molecule has 0 aliphatic carbocycles. The molecule has 17 heavy (non-hydrogen) atoms. The zero-order valence-corrected chi connectivity index (χ0v) is 12.0. The maximum atomic E-state index is 11.5. The van der Waals surface area contributed by atoms with E-state index in [1.54, 1.807) is 6.07 Å². The van der Waals surface area contributed by atoms with Gasteiger partial charge in [0.25, 0.3) is 0 Å². The molecule has 88 valence electrons. The summed E-state index contributed by atoms with van der Waals surface area (Å²) in [7, 11) is 0. The van der Waals surface area contributed by atoms with Crippen molar-refractivity contribution in [3.05, 3.63) is 36.4 Å². The van der Waals surface area contributed by atoms with Gasteiger partial charge in [-0.25, -0.2) is 4.79 Å². The van der Waals surface area contributed by atoms with Crippen LogP contribution in [0.4, 0.5) is 5.69 Å². The SMILES string of the molecule is [NH3+]c1c(OC(=O)C(Br)Br)ccc2ccccc12. The molecule has 0 aliphatic rings. The van der Waals surface area contributed by atoms with E-state index < -0.39 is 9.71 Å². The van der Waals surface area contributed by atoms with Gasteiger partial charge >= 0.3 is 5.97 Å². The number of carbonyl (C=O) groups is 1. The van der Waals surface area contributed by atoms with E-state index >= 15 is 0 Å². The van der Waals surface area contributed by atoms with E-state index in [0.29, 0.717) is 5.75 Å². The molecule has 3 nitrogen and oxygen atoms in total. The van der Waals surface area contributed by atoms with Crippen LogP contribution >= 0.6 is 31.9 Å². The van der Waals surface area contributed by atoms with E-state index in [2.05, 4.69) is 37.6 Å². The number of quaternary nitrogens is 1. The molecule has 0 unspecified atom stereocenters. The Morgan fingerprint density at radius 1 is 1.18 bits per heavy atom. The molecule has 0 spiro atoms. The largest absolute Gasteiger partial charge is 0.419 e. The van der Waals surface area contributed by atoms with Crippen LogP contribution in [0.3, 0.4) is 0 Å². The molecule has 5 heteroatoms. The van der Waals surface area contributed by atoms with Crippen LogP contribution in [-0.2, 0) is 4.79 Å². The molecule has 0 bridgehead atoms. The standard InChI is InChI=1S/C12H9Br2NO2/c13-11(14)12(16)17-9-6-5-7-3-1-2-4-8(7)10(9)15/h1-6,11H,15H2/p+1. The number of fused-ring (bicyclic) bond motifs is 1. The number of rotatable bonds is 2. The second kappa shape index (κ2) is 5.16. The van der Waals surface area contributed by atoms with E-state index in [9.17, 15) is 4.79 Å². The van der Waals surface area contributed by atoms with Gasteiger partial charge in [-0.15, -0.1) is 0 Å². The lowest BCUT2D eigenvalue weighted by Gasteiger charge is -2.07. The number of carbonyl (C=O) groups excluding carboxylic acids is 1. The highest BCUT2D eigenvalue weighted by atomic mass is 79.9. The summed E-state index contributed by atoms with van der Waals surface area (Å²) >= 11 is 6.19. The Morgan fingerprint density at radius 2 is 1.88 bits per heavy atom. The summed E-state index contributed by atoms with van der Waals surface area (Å²) in [6.45, 7) is 0. The molecular weight excluding hydrogens is 350 g/mol. The average Bonchev–Trinajstić information content (AvgIpc) is 2.33.